The van der Waals surface area contributed by atoms with Crippen LogP contribution in [-0.4, -0.2) is 19.2 Å². The third-order valence-electron chi connectivity index (χ3n) is 5.65. The lowest BCUT2D eigenvalue weighted by Gasteiger charge is -2.44. The molecule has 31 heavy (non-hydrogen) atoms. The Labute approximate surface area is 192 Å². The molecule has 3 aromatic rings. The fraction of sp³-hybridized carbons (Fsp3) is 0.280. The van der Waals surface area contributed by atoms with Crippen LogP contribution in [0.3, 0.4) is 0 Å². The van der Waals surface area contributed by atoms with E-state index in [1.807, 2.05) is 54.6 Å². The van der Waals surface area contributed by atoms with Crippen molar-refractivity contribution in [3.05, 3.63) is 105 Å². The molecule has 2 atom stereocenters. The summed E-state index contributed by atoms with van der Waals surface area (Å²) in [7, 11) is 0. The van der Waals surface area contributed by atoms with Crippen LogP contribution < -0.4 is 5.32 Å². The summed E-state index contributed by atoms with van der Waals surface area (Å²) in [5.41, 5.74) is 1.85. The van der Waals surface area contributed by atoms with E-state index in [0.717, 1.165) is 24.1 Å². The van der Waals surface area contributed by atoms with Crippen molar-refractivity contribution >= 4 is 23.2 Å². The third-order valence-corrected chi connectivity index (χ3v) is 6.14. The highest BCUT2D eigenvalue weighted by Gasteiger charge is 2.44. The summed E-state index contributed by atoms with van der Waals surface area (Å²) in [5.74, 6) is -0.376. The fourth-order valence-electron chi connectivity index (χ4n) is 3.95. The first-order valence-corrected chi connectivity index (χ1v) is 11.0. The zero-order valence-corrected chi connectivity index (χ0v) is 18.5. The van der Waals surface area contributed by atoms with Gasteiger partial charge < -0.3 is 14.8 Å². The minimum Gasteiger partial charge on any atom is -0.369 e. The monoisotopic (exact) mass is 459 g/mol. The van der Waals surface area contributed by atoms with Gasteiger partial charge in [-0.25, -0.2) is 4.39 Å². The summed E-state index contributed by atoms with van der Waals surface area (Å²) < 4.78 is 27.2. The smallest absolute Gasteiger partial charge is 0.130 e. The van der Waals surface area contributed by atoms with Gasteiger partial charge in [0, 0.05) is 22.2 Å². The summed E-state index contributed by atoms with van der Waals surface area (Å²) in [6.07, 6.45) is 0.399. The van der Waals surface area contributed by atoms with E-state index in [0.29, 0.717) is 28.8 Å². The lowest BCUT2D eigenvalue weighted by molar-refractivity contribution is -0.176. The van der Waals surface area contributed by atoms with Crippen LogP contribution in [0.1, 0.15) is 23.1 Å². The van der Waals surface area contributed by atoms with Crippen molar-refractivity contribution in [2.24, 2.45) is 0 Å². The van der Waals surface area contributed by atoms with E-state index in [2.05, 4.69) is 5.32 Å². The highest BCUT2D eigenvalue weighted by molar-refractivity contribution is 6.30. The predicted octanol–water partition coefficient (Wildman–Crippen LogP) is 6.12. The number of nitrogens with one attached hydrogen (secondary N) is 1. The van der Waals surface area contributed by atoms with Gasteiger partial charge in [-0.05, 0) is 48.4 Å². The normalized spacial score (nSPS) is 21.2. The van der Waals surface area contributed by atoms with Crippen LogP contribution in [0.4, 0.5) is 4.39 Å². The SMILES string of the molecule is Fc1cc(Cl)ccc1CO[C@H]1CNCC[C@]1(OCc1ccccc1)c1ccc(Cl)cc1. The number of rotatable bonds is 7. The van der Waals surface area contributed by atoms with E-state index >= 15 is 0 Å². The molecule has 1 aliphatic rings. The molecule has 0 unspecified atom stereocenters. The molecule has 3 nitrogen and oxygen atoms in total. The van der Waals surface area contributed by atoms with Gasteiger partial charge >= 0.3 is 0 Å². The first-order valence-electron chi connectivity index (χ1n) is 10.3. The molecule has 0 radical (unpaired) electrons. The van der Waals surface area contributed by atoms with Crippen molar-refractivity contribution in [2.75, 3.05) is 13.1 Å². The average Bonchev–Trinajstić information content (AvgIpc) is 2.79. The number of halogens is 3. The molecule has 6 heteroatoms. The Morgan fingerprint density at radius 1 is 0.935 bits per heavy atom. The highest BCUT2D eigenvalue weighted by atomic mass is 35.5. The Morgan fingerprint density at radius 3 is 2.42 bits per heavy atom. The third kappa shape index (κ3) is 5.28. The molecule has 4 rings (SSSR count). The van der Waals surface area contributed by atoms with Crippen LogP contribution >= 0.6 is 23.2 Å². The molecule has 0 aliphatic carbocycles. The number of benzene rings is 3. The van der Waals surface area contributed by atoms with Gasteiger partial charge in [0.05, 0.1) is 13.2 Å². The number of piperidine rings is 1. The maximum Gasteiger partial charge on any atom is 0.130 e. The second kappa shape index (κ2) is 10.1. The molecule has 0 spiro atoms. The molecule has 1 heterocycles. The summed E-state index contributed by atoms with van der Waals surface area (Å²) in [5, 5.41) is 4.41. The molecule has 0 aromatic heterocycles. The van der Waals surface area contributed by atoms with Gasteiger partial charge in [-0.1, -0.05) is 71.7 Å². The minimum atomic E-state index is -0.686. The Hall–Kier alpha value is -1.95. The van der Waals surface area contributed by atoms with Crippen LogP contribution in [0.25, 0.3) is 0 Å². The second-order valence-electron chi connectivity index (χ2n) is 7.66. The van der Waals surface area contributed by atoms with E-state index in [9.17, 15) is 4.39 Å². The van der Waals surface area contributed by atoms with E-state index in [1.54, 1.807) is 12.1 Å². The van der Waals surface area contributed by atoms with Crippen LogP contribution in [0.15, 0.2) is 72.8 Å². The van der Waals surface area contributed by atoms with Crippen molar-refractivity contribution in [3.63, 3.8) is 0 Å². The zero-order valence-electron chi connectivity index (χ0n) is 17.0. The Kier molecular flexibility index (Phi) is 7.26. The first kappa shape index (κ1) is 22.3. The van der Waals surface area contributed by atoms with Gasteiger partial charge in [-0.15, -0.1) is 0 Å². The molecular weight excluding hydrogens is 436 g/mol. The van der Waals surface area contributed by atoms with Gasteiger partial charge in [0.2, 0.25) is 0 Å². The molecule has 1 fully saturated rings. The van der Waals surface area contributed by atoms with Crippen molar-refractivity contribution in [2.45, 2.75) is 31.3 Å². The molecular formula is C25H24Cl2FNO2. The summed E-state index contributed by atoms with van der Waals surface area (Å²) in [6, 6.07) is 22.4. The van der Waals surface area contributed by atoms with Crippen LogP contribution in [0.5, 0.6) is 0 Å². The number of hydrogen-bond donors (Lipinski definition) is 1. The van der Waals surface area contributed by atoms with E-state index in [4.69, 9.17) is 32.7 Å². The zero-order chi connectivity index (χ0) is 21.7. The first-order chi connectivity index (χ1) is 15.1. The van der Waals surface area contributed by atoms with E-state index in [1.165, 1.54) is 6.07 Å². The topological polar surface area (TPSA) is 30.5 Å². The predicted molar refractivity (Wildman–Crippen MR) is 122 cm³/mol. The summed E-state index contributed by atoms with van der Waals surface area (Å²) in [4.78, 5) is 0. The average molecular weight is 460 g/mol. The second-order valence-corrected chi connectivity index (χ2v) is 8.53. The molecule has 0 amide bonds. The van der Waals surface area contributed by atoms with Gasteiger partial charge in [-0.3, -0.25) is 0 Å². The lowest BCUT2D eigenvalue weighted by Crippen LogP contribution is -2.54. The maximum atomic E-state index is 14.3. The maximum absolute atomic E-state index is 14.3. The summed E-state index contributed by atoms with van der Waals surface area (Å²) in [6.45, 7) is 1.94. The van der Waals surface area contributed by atoms with Crippen LogP contribution in [-0.2, 0) is 28.3 Å². The number of ether oxygens (including phenoxy) is 2. The quantitative estimate of drug-likeness (QED) is 0.461. The van der Waals surface area contributed by atoms with Crippen molar-refractivity contribution in [1.82, 2.24) is 5.32 Å². The lowest BCUT2D eigenvalue weighted by atomic mass is 9.82. The minimum absolute atomic E-state index is 0.124. The molecule has 0 saturated carbocycles. The Balaban J connectivity index is 1.61. The van der Waals surface area contributed by atoms with Crippen LogP contribution in [0, 0.1) is 5.82 Å². The van der Waals surface area contributed by atoms with Crippen molar-refractivity contribution in [3.8, 4) is 0 Å². The van der Waals surface area contributed by atoms with Crippen molar-refractivity contribution in [1.29, 1.82) is 0 Å². The van der Waals surface area contributed by atoms with E-state index < -0.39 is 5.60 Å². The molecule has 1 aliphatic heterocycles. The Morgan fingerprint density at radius 2 is 1.68 bits per heavy atom. The van der Waals surface area contributed by atoms with E-state index in [-0.39, 0.29) is 18.5 Å². The number of hydrogen-bond acceptors (Lipinski definition) is 3. The highest BCUT2D eigenvalue weighted by Crippen LogP contribution is 2.38. The van der Waals surface area contributed by atoms with Crippen LogP contribution in [0.2, 0.25) is 10.0 Å². The standard InChI is InChI=1S/C25H24Cl2FNO2/c26-21-10-7-20(8-11-21)25(31-16-18-4-2-1-3-5-18)12-13-29-15-24(25)30-17-19-6-9-22(27)14-23(19)28/h1-11,14,24,29H,12-13,15-17H2/t24-,25-/m0/s1. The fourth-order valence-corrected chi connectivity index (χ4v) is 4.24. The largest absolute Gasteiger partial charge is 0.369 e. The van der Waals surface area contributed by atoms with Gasteiger partial charge in [0.25, 0.3) is 0 Å². The molecule has 162 valence electrons. The summed E-state index contributed by atoms with van der Waals surface area (Å²) >= 11 is 12.0. The van der Waals surface area contributed by atoms with Gasteiger partial charge in [-0.2, -0.15) is 0 Å². The van der Waals surface area contributed by atoms with Crippen molar-refractivity contribution < 1.29 is 13.9 Å². The van der Waals surface area contributed by atoms with Gasteiger partial charge in [0.1, 0.15) is 17.5 Å². The molecule has 0 bridgehead atoms. The molecule has 1 saturated heterocycles. The Bertz CT molecular complexity index is 1000. The van der Waals surface area contributed by atoms with Gasteiger partial charge in [0.15, 0.2) is 0 Å². The molecule has 3 aromatic carbocycles. The molecule has 1 N–H and O–H groups in total.